The normalized spacial score (nSPS) is 13.7. The molecule has 0 aliphatic heterocycles. The van der Waals surface area contributed by atoms with Crippen molar-refractivity contribution in [3.8, 4) is 33.4 Å². The average Bonchev–Trinajstić information content (AvgIpc) is 3.97. The molecular weight excluding hydrogens is 701 g/mol. The van der Waals surface area contributed by atoms with Crippen LogP contribution in [-0.4, -0.2) is 0 Å². The summed E-state index contributed by atoms with van der Waals surface area (Å²) in [4.78, 5) is 0. The molecule has 12 aromatic rings. The molecule has 0 saturated carbocycles. The zero-order chi connectivity index (χ0) is 36.9. The van der Waals surface area contributed by atoms with Gasteiger partial charge in [-0.15, -0.1) is 11.3 Å². The van der Waals surface area contributed by atoms with E-state index in [-0.39, 0.29) is 5.41 Å². The molecule has 262 valence electrons. The Kier molecular flexibility index (Phi) is 5.88. The third-order valence-corrected chi connectivity index (χ3v) is 13.9. The second-order valence-corrected chi connectivity index (χ2v) is 17.0. The van der Waals surface area contributed by atoms with Gasteiger partial charge in [0.25, 0.3) is 0 Å². The van der Waals surface area contributed by atoms with E-state index in [1.165, 1.54) is 86.2 Å². The van der Waals surface area contributed by atoms with E-state index in [9.17, 15) is 0 Å². The van der Waals surface area contributed by atoms with E-state index in [1.807, 2.05) is 17.4 Å². The van der Waals surface area contributed by atoms with Crippen LogP contribution in [0.1, 0.15) is 25.0 Å². The fourth-order valence-corrected chi connectivity index (χ4v) is 11.3. The zero-order valence-electron chi connectivity index (χ0n) is 30.7. The van der Waals surface area contributed by atoms with Crippen molar-refractivity contribution in [1.82, 2.24) is 0 Å². The van der Waals surface area contributed by atoms with E-state index < -0.39 is 0 Å². The van der Waals surface area contributed by atoms with Crippen molar-refractivity contribution >= 4 is 96.9 Å². The summed E-state index contributed by atoms with van der Waals surface area (Å²) in [6, 6.07) is 58.0. The Morgan fingerprint density at radius 3 is 1.84 bits per heavy atom. The third kappa shape index (κ3) is 3.95. The van der Waals surface area contributed by atoms with Crippen LogP contribution in [0.3, 0.4) is 0 Å². The second-order valence-electron chi connectivity index (χ2n) is 15.9. The molecular formula is C53H32O2S. The van der Waals surface area contributed by atoms with Gasteiger partial charge in [-0.1, -0.05) is 123 Å². The molecule has 0 bridgehead atoms. The molecule has 3 heteroatoms. The first-order chi connectivity index (χ1) is 27.5. The van der Waals surface area contributed by atoms with Crippen LogP contribution >= 0.6 is 11.3 Å². The van der Waals surface area contributed by atoms with Crippen molar-refractivity contribution < 1.29 is 8.83 Å². The predicted molar refractivity (Wildman–Crippen MR) is 237 cm³/mol. The predicted octanol–water partition coefficient (Wildman–Crippen LogP) is 15.8. The van der Waals surface area contributed by atoms with Crippen molar-refractivity contribution in [3.05, 3.63) is 169 Å². The summed E-state index contributed by atoms with van der Waals surface area (Å²) in [5, 5.41) is 12.1. The average molecular weight is 733 g/mol. The van der Waals surface area contributed by atoms with Gasteiger partial charge in [0.05, 0.1) is 0 Å². The van der Waals surface area contributed by atoms with Gasteiger partial charge in [0.15, 0.2) is 0 Å². The first kappa shape index (κ1) is 30.6. The zero-order valence-corrected chi connectivity index (χ0v) is 31.6. The number of rotatable bonds is 2. The lowest BCUT2D eigenvalue weighted by Gasteiger charge is -2.23. The fourth-order valence-electron chi connectivity index (χ4n) is 10.1. The molecule has 0 amide bonds. The minimum absolute atomic E-state index is 0.140. The van der Waals surface area contributed by atoms with Gasteiger partial charge in [-0.05, 0) is 109 Å². The molecule has 3 heterocycles. The molecule has 0 N–H and O–H groups in total. The summed E-state index contributed by atoms with van der Waals surface area (Å²) < 4.78 is 15.7. The Morgan fingerprint density at radius 2 is 1.00 bits per heavy atom. The van der Waals surface area contributed by atoms with Crippen molar-refractivity contribution in [1.29, 1.82) is 0 Å². The number of hydrogen-bond acceptors (Lipinski definition) is 3. The van der Waals surface area contributed by atoms with Crippen LogP contribution in [0, 0.1) is 0 Å². The smallest absolute Gasteiger partial charge is 0.136 e. The highest BCUT2D eigenvalue weighted by atomic mass is 32.1. The SMILES string of the molecule is CC1(C)c2ccccc2-c2ccc(-c3c(-c4ccc5oc6ccccc6c5c4)c4ccc5c6ccccc6sc5c4c4cc5c(cc34)oc3ccccc35)cc21. The van der Waals surface area contributed by atoms with Gasteiger partial charge >= 0.3 is 0 Å². The van der Waals surface area contributed by atoms with Crippen molar-refractivity contribution in [2.24, 2.45) is 0 Å². The van der Waals surface area contributed by atoms with Crippen molar-refractivity contribution in [3.63, 3.8) is 0 Å². The Bertz CT molecular complexity index is 3680. The number of benzene rings is 9. The topological polar surface area (TPSA) is 26.3 Å². The monoisotopic (exact) mass is 732 g/mol. The van der Waals surface area contributed by atoms with Gasteiger partial charge in [0.2, 0.25) is 0 Å². The fraction of sp³-hybridized carbons (Fsp3) is 0.0566. The van der Waals surface area contributed by atoms with Crippen molar-refractivity contribution in [2.45, 2.75) is 19.3 Å². The number of furan rings is 2. The molecule has 56 heavy (non-hydrogen) atoms. The lowest BCUT2D eigenvalue weighted by Crippen LogP contribution is -2.14. The van der Waals surface area contributed by atoms with Gasteiger partial charge in [-0.2, -0.15) is 0 Å². The van der Waals surface area contributed by atoms with Crippen LogP contribution in [0.15, 0.2) is 167 Å². The molecule has 2 nitrogen and oxygen atoms in total. The second kappa shape index (κ2) is 10.8. The number of thiophene rings is 1. The van der Waals surface area contributed by atoms with Crippen LogP contribution in [0.4, 0.5) is 0 Å². The molecule has 0 fully saturated rings. The third-order valence-electron chi connectivity index (χ3n) is 12.7. The van der Waals surface area contributed by atoms with Crippen molar-refractivity contribution in [2.75, 3.05) is 0 Å². The van der Waals surface area contributed by atoms with Gasteiger partial charge in [-0.25, -0.2) is 0 Å². The van der Waals surface area contributed by atoms with E-state index in [2.05, 4.69) is 166 Å². The summed E-state index contributed by atoms with van der Waals surface area (Å²) >= 11 is 1.90. The Morgan fingerprint density at radius 1 is 0.393 bits per heavy atom. The first-order valence-electron chi connectivity index (χ1n) is 19.3. The van der Waals surface area contributed by atoms with Gasteiger partial charge in [-0.3, -0.25) is 0 Å². The first-order valence-corrected chi connectivity index (χ1v) is 20.1. The maximum atomic E-state index is 6.68. The minimum atomic E-state index is -0.140. The molecule has 0 unspecified atom stereocenters. The lowest BCUT2D eigenvalue weighted by molar-refractivity contribution is 0.660. The van der Waals surface area contributed by atoms with Gasteiger partial charge in [0.1, 0.15) is 22.3 Å². The van der Waals surface area contributed by atoms with Crippen LogP contribution < -0.4 is 0 Å². The standard InChI is InChI=1S/C53H32O2S/c1-53(2)42-15-7-3-11-31(42)32-21-19-30(26-43(32)53)50-41-28-47-39(34-13-5-9-17-45(34)55-47)27-40(41)51-37(23-22-36-35-14-6-10-18-48(35)56-52(36)51)49(50)29-20-24-46-38(25-29)33-12-4-8-16-44(33)54-46/h3-28H,1-2H3. The van der Waals surface area contributed by atoms with Gasteiger partial charge in [0, 0.05) is 52.5 Å². The molecule has 0 radical (unpaired) electrons. The quantitative estimate of drug-likeness (QED) is 0.165. The largest absolute Gasteiger partial charge is 0.456 e. The molecule has 1 aliphatic carbocycles. The maximum Gasteiger partial charge on any atom is 0.136 e. The van der Waals surface area contributed by atoms with Crippen LogP contribution in [0.2, 0.25) is 0 Å². The summed E-state index contributed by atoms with van der Waals surface area (Å²) in [7, 11) is 0. The van der Waals surface area contributed by atoms with Gasteiger partial charge < -0.3 is 8.83 Å². The molecule has 0 saturated heterocycles. The highest BCUT2D eigenvalue weighted by Gasteiger charge is 2.36. The van der Waals surface area contributed by atoms with E-state index in [4.69, 9.17) is 8.83 Å². The Balaban J connectivity index is 1.24. The molecule has 1 aliphatic rings. The summed E-state index contributed by atoms with van der Waals surface area (Å²) in [5.41, 5.74) is 13.7. The highest BCUT2D eigenvalue weighted by molar-refractivity contribution is 7.26. The summed E-state index contributed by atoms with van der Waals surface area (Å²) in [6.45, 7) is 4.74. The maximum absolute atomic E-state index is 6.68. The van der Waals surface area contributed by atoms with Crippen LogP contribution in [-0.2, 0) is 5.41 Å². The number of fused-ring (bicyclic) bond motifs is 16. The summed E-state index contributed by atoms with van der Waals surface area (Å²) in [5.74, 6) is 0. The Hall–Kier alpha value is -6.68. The van der Waals surface area contributed by atoms with E-state index in [0.717, 1.165) is 43.9 Å². The van der Waals surface area contributed by atoms with E-state index >= 15 is 0 Å². The molecule has 9 aromatic carbocycles. The highest BCUT2D eigenvalue weighted by Crippen LogP contribution is 2.54. The summed E-state index contributed by atoms with van der Waals surface area (Å²) in [6.07, 6.45) is 0. The molecule has 0 spiro atoms. The molecule has 0 atom stereocenters. The minimum Gasteiger partial charge on any atom is -0.456 e. The number of para-hydroxylation sites is 2. The van der Waals surface area contributed by atoms with E-state index in [0.29, 0.717) is 0 Å². The van der Waals surface area contributed by atoms with Crippen LogP contribution in [0.5, 0.6) is 0 Å². The van der Waals surface area contributed by atoms with E-state index in [1.54, 1.807) is 0 Å². The molecule has 13 rings (SSSR count). The lowest BCUT2D eigenvalue weighted by atomic mass is 9.79. The number of hydrogen-bond donors (Lipinski definition) is 0. The molecule has 3 aromatic heterocycles. The van der Waals surface area contributed by atoms with Crippen LogP contribution in [0.25, 0.3) is 119 Å². The Labute approximate surface area is 325 Å².